The normalized spacial score (nSPS) is 10.9. The minimum atomic E-state index is -0.236. The van der Waals surface area contributed by atoms with Crippen molar-refractivity contribution in [3.05, 3.63) is 35.4 Å². The van der Waals surface area contributed by atoms with Crippen LogP contribution < -0.4 is 5.73 Å². The van der Waals surface area contributed by atoms with Crippen molar-refractivity contribution < 1.29 is 4.39 Å². The third-order valence-electron chi connectivity index (χ3n) is 3.16. The lowest BCUT2D eigenvalue weighted by atomic mass is 10.1. The molecule has 0 unspecified atom stereocenters. The molecule has 96 valence electrons. The van der Waals surface area contributed by atoms with E-state index in [0.29, 0.717) is 5.82 Å². The number of benzene rings is 1. The van der Waals surface area contributed by atoms with E-state index in [1.807, 2.05) is 18.4 Å². The molecule has 0 saturated heterocycles. The average Bonchev–Trinajstić information content (AvgIpc) is 2.66. The highest BCUT2D eigenvalue weighted by Crippen LogP contribution is 2.29. The predicted molar refractivity (Wildman–Crippen MR) is 71.8 cm³/mol. The number of imidazole rings is 1. The summed E-state index contributed by atoms with van der Waals surface area (Å²) in [6, 6.07) is 4.69. The molecule has 0 aliphatic heterocycles. The zero-order valence-corrected chi connectivity index (χ0v) is 11.0. The van der Waals surface area contributed by atoms with Gasteiger partial charge >= 0.3 is 0 Å². The molecule has 2 aromatic rings. The maximum Gasteiger partial charge on any atom is 0.131 e. The van der Waals surface area contributed by atoms with Gasteiger partial charge in [0, 0.05) is 18.5 Å². The Labute approximate surface area is 106 Å². The summed E-state index contributed by atoms with van der Waals surface area (Å²) in [5.74, 6) is 1.39. The van der Waals surface area contributed by atoms with E-state index in [9.17, 15) is 4.39 Å². The summed E-state index contributed by atoms with van der Waals surface area (Å²) >= 11 is 0. The van der Waals surface area contributed by atoms with E-state index in [1.165, 1.54) is 12.1 Å². The third kappa shape index (κ3) is 1.98. The van der Waals surface area contributed by atoms with Gasteiger partial charge in [-0.05, 0) is 37.6 Å². The Morgan fingerprint density at radius 1 is 1.33 bits per heavy atom. The van der Waals surface area contributed by atoms with Crippen LogP contribution in [0.4, 0.5) is 10.2 Å². The van der Waals surface area contributed by atoms with Gasteiger partial charge in [0.1, 0.15) is 23.2 Å². The number of nitrogens with two attached hydrogens (primary N) is 1. The van der Waals surface area contributed by atoms with E-state index in [4.69, 9.17) is 5.73 Å². The van der Waals surface area contributed by atoms with Gasteiger partial charge in [0.25, 0.3) is 0 Å². The molecule has 0 amide bonds. The number of hydrogen-bond donors (Lipinski definition) is 1. The molecule has 3 nitrogen and oxygen atoms in total. The molecule has 0 bridgehead atoms. The van der Waals surface area contributed by atoms with E-state index in [1.54, 1.807) is 6.07 Å². The van der Waals surface area contributed by atoms with Gasteiger partial charge in [0.15, 0.2) is 0 Å². The van der Waals surface area contributed by atoms with Crippen molar-refractivity contribution >= 4 is 5.82 Å². The van der Waals surface area contributed by atoms with Crippen molar-refractivity contribution in [2.24, 2.45) is 0 Å². The van der Waals surface area contributed by atoms with Crippen molar-refractivity contribution in [1.82, 2.24) is 9.55 Å². The monoisotopic (exact) mass is 247 g/mol. The molecule has 0 spiro atoms. The summed E-state index contributed by atoms with van der Waals surface area (Å²) in [4.78, 5) is 4.58. The first kappa shape index (κ1) is 12.6. The topological polar surface area (TPSA) is 43.8 Å². The summed E-state index contributed by atoms with van der Waals surface area (Å²) in [5, 5.41) is 0. The Kier molecular flexibility index (Phi) is 3.36. The quantitative estimate of drug-likeness (QED) is 0.905. The van der Waals surface area contributed by atoms with Gasteiger partial charge in [0.05, 0.1) is 0 Å². The minimum absolute atomic E-state index is 0.236. The van der Waals surface area contributed by atoms with Crippen molar-refractivity contribution in [1.29, 1.82) is 0 Å². The van der Waals surface area contributed by atoms with Crippen LogP contribution >= 0.6 is 0 Å². The molecule has 1 aromatic carbocycles. The molecule has 1 heterocycles. The molecule has 0 radical (unpaired) electrons. The number of nitrogen functional groups attached to an aromatic ring is 1. The SMILES string of the molecule is CCc1nc(-c2ccc(F)cc2C)c(N)n1CC. The fourth-order valence-electron chi connectivity index (χ4n) is 2.23. The Bertz CT molecular complexity index is 573. The van der Waals surface area contributed by atoms with Crippen LogP contribution in [-0.4, -0.2) is 9.55 Å². The van der Waals surface area contributed by atoms with Gasteiger partial charge in [-0.2, -0.15) is 0 Å². The van der Waals surface area contributed by atoms with Gasteiger partial charge in [0.2, 0.25) is 0 Å². The number of halogens is 1. The first-order valence-corrected chi connectivity index (χ1v) is 6.19. The Balaban J connectivity index is 2.60. The zero-order valence-electron chi connectivity index (χ0n) is 11.0. The van der Waals surface area contributed by atoms with Crippen LogP contribution in [0.5, 0.6) is 0 Å². The largest absolute Gasteiger partial charge is 0.383 e. The molecule has 1 aromatic heterocycles. The molecular formula is C14H18FN3. The second-order valence-electron chi connectivity index (χ2n) is 4.32. The highest BCUT2D eigenvalue weighted by molar-refractivity contribution is 5.73. The van der Waals surface area contributed by atoms with E-state index >= 15 is 0 Å². The molecule has 0 aliphatic carbocycles. The second kappa shape index (κ2) is 4.80. The fraction of sp³-hybridized carbons (Fsp3) is 0.357. The van der Waals surface area contributed by atoms with Crippen LogP contribution in [0.15, 0.2) is 18.2 Å². The molecular weight excluding hydrogens is 229 g/mol. The molecule has 0 saturated carbocycles. The molecule has 2 N–H and O–H groups in total. The Hall–Kier alpha value is -1.84. The third-order valence-corrected chi connectivity index (χ3v) is 3.16. The molecule has 4 heteroatoms. The lowest BCUT2D eigenvalue weighted by Crippen LogP contribution is -2.04. The Morgan fingerprint density at radius 3 is 2.56 bits per heavy atom. The molecule has 0 atom stereocenters. The maximum atomic E-state index is 13.1. The van der Waals surface area contributed by atoms with Crippen molar-refractivity contribution in [3.8, 4) is 11.3 Å². The van der Waals surface area contributed by atoms with E-state index < -0.39 is 0 Å². The lowest BCUT2D eigenvalue weighted by molar-refractivity contribution is 0.627. The number of anilines is 1. The summed E-state index contributed by atoms with van der Waals surface area (Å²) in [6.07, 6.45) is 0.832. The predicted octanol–water partition coefficient (Wildman–Crippen LogP) is 3.16. The highest BCUT2D eigenvalue weighted by Gasteiger charge is 2.15. The number of rotatable bonds is 3. The fourth-order valence-corrected chi connectivity index (χ4v) is 2.23. The van der Waals surface area contributed by atoms with E-state index in [0.717, 1.165) is 35.6 Å². The van der Waals surface area contributed by atoms with Crippen molar-refractivity contribution in [3.63, 3.8) is 0 Å². The summed E-state index contributed by atoms with van der Waals surface area (Å²) in [6.45, 7) is 6.75. The average molecular weight is 247 g/mol. The van der Waals surface area contributed by atoms with Crippen molar-refractivity contribution in [2.45, 2.75) is 33.7 Å². The molecule has 18 heavy (non-hydrogen) atoms. The van der Waals surface area contributed by atoms with Gasteiger partial charge in [-0.1, -0.05) is 6.92 Å². The zero-order chi connectivity index (χ0) is 13.3. The molecule has 2 rings (SSSR count). The van der Waals surface area contributed by atoms with E-state index in [-0.39, 0.29) is 5.82 Å². The molecule has 0 aliphatic rings. The van der Waals surface area contributed by atoms with Crippen LogP contribution in [0.3, 0.4) is 0 Å². The highest BCUT2D eigenvalue weighted by atomic mass is 19.1. The molecule has 0 fully saturated rings. The van der Waals surface area contributed by atoms with Gasteiger partial charge in [-0.3, -0.25) is 0 Å². The van der Waals surface area contributed by atoms with Crippen LogP contribution in [0.1, 0.15) is 25.2 Å². The first-order chi connectivity index (χ1) is 8.58. The lowest BCUT2D eigenvalue weighted by Gasteiger charge is -2.06. The number of nitrogens with zero attached hydrogens (tertiary/aromatic N) is 2. The second-order valence-corrected chi connectivity index (χ2v) is 4.32. The summed E-state index contributed by atoms with van der Waals surface area (Å²) < 4.78 is 15.1. The number of aryl methyl sites for hydroxylation is 2. The van der Waals surface area contributed by atoms with Crippen LogP contribution in [0.2, 0.25) is 0 Å². The van der Waals surface area contributed by atoms with Crippen LogP contribution in [-0.2, 0) is 13.0 Å². The summed E-state index contributed by atoms with van der Waals surface area (Å²) in [7, 11) is 0. The van der Waals surface area contributed by atoms with Gasteiger partial charge < -0.3 is 10.3 Å². The number of aromatic nitrogens is 2. The minimum Gasteiger partial charge on any atom is -0.383 e. The van der Waals surface area contributed by atoms with Crippen LogP contribution in [0, 0.1) is 12.7 Å². The smallest absolute Gasteiger partial charge is 0.131 e. The van der Waals surface area contributed by atoms with Crippen molar-refractivity contribution in [2.75, 3.05) is 5.73 Å². The number of hydrogen-bond acceptors (Lipinski definition) is 2. The first-order valence-electron chi connectivity index (χ1n) is 6.19. The van der Waals surface area contributed by atoms with Gasteiger partial charge in [-0.25, -0.2) is 9.37 Å². The van der Waals surface area contributed by atoms with Crippen LogP contribution in [0.25, 0.3) is 11.3 Å². The summed E-state index contributed by atoms with van der Waals surface area (Å²) in [5.41, 5.74) is 8.64. The van der Waals surface area contributed by atoms with E-state index in [2.05, 4.69) is 11.9 Å². The van der Waals surface area contributed by atoms with Gasteiger partial charge in [-0.15, -0.1) is 0 Å². The standard InChI is InChI=1S/C14H18FN3/c1-4-12-17-13(14(16)18(12)5-2)11-7-6-10(15)8-9(11)3/h6-8H,4-5,16H2,1-3H3. The Morgan fingerprint density at radius 2 is 2.06 bits per heavy atom. The maximum absolute atomic E-state index is 13.1.